The first kappa shape index (κ1) is 16.9. The van der Waals surface area contributed by atoms with Crippen molar-refractivity contribution < 1.29 is 14.3 Å². The van der Waals surface area contributed by atoms with Gasteiger partial charge in [-0.3, -0.25) is 4.79 Å². The average molecular weight is 390 g/mol. The summed E-state index contributed by atoms with van der Waals surface area (Å²) in [5, 5.41) is 16.7. The molecule has 4 rings (SSSR count). The first-order valence-electron chi connectivity index (χ1n) is 7.76. The Hall–Kier alpha value is -2.51. The molecule has 1 aromatic heterocycles. The number of halogens is 2. The van der Waals surface area contributed by atoms with Gasteiger partial charge in [0.2, 0.25) is 5.91 Å². The van der Waals surface area contributed by atoms with Crippen LogP contribution in [-0.4, -0.2) is 26.5 Å². The van der Waals surface area contributed by atoms with E-state index in [0.29, 0.717) is 5.82 Å². The molecule has 1 aliphatic rings. The molecule has 2 N–H and O–H groups in total. The third-order valence-electron chi connectivity index (χ3n) is 4.05. The zero-order chi connectivity index (χ0) is 18.3. The highest BCUT2D eigenvalue weighted by molar-refractivity contribution is 8.00. The summed E-state index contributed by atoms with van der Waals surface area (Å²) in [7, 11) is 0. The van der Waals surface area contributed by atoms with Gasteiger partial charge in [-0.05, 0) is 35.9 Å². The van der Waals surface area contributed by atoms with Crippen molar-refractivity contribution in [3.63, 3.8) is 0 Å². The van der Waals surface area contributed by atoms with Crippen molar-refractivity contribution >= 4 is 35.1 Å². The number of hydrogen-bond acceptors (Lipinski definition) is 4. The predicted molar refractivity (Wildman–Crippen MR) is 99.6 cm³/mol. The maximum atomic E-state index is 14.4. The van der Waals surface area contributed by atoms with Crippen molar-refractivity contribution in [1.29, 1.82) is 0 Å². The summed E-state index contributed by atoms with van der Waals surface area (Å²) >= 11 is 7.27. The van der Waals surface area contributed by atoms with Crippen LogP contribution in [-0.2, 0) is 4.79 Å². The molecule has 0 saturated heterocycles. The zero-order valence-corrected chi connectivity index (χ0v) is 14.9. The SMILES string of the molecule is O=C1CS[C@@H](c2ccc(O)cc2)c2cnn(-c3ccc(Cl)cc3F)c2N1. The number of thioether (sulfide) groups is 1. The van der Waals surface area contributed by atoms with E-state index < -0.39 is 5.82 Å². The maximum Gasteiger partial charge on any atom is 0.235 e. The van der Waals surface area contributed by atoms with Crippen LogP contribution in [0.4, 0.5) is 10.2 Å². The van der Waals surface area contributed by atoms with E-state index in [2.05, 4.69) is 10.4 Å². The van der Waals surface area contributed by atoms with E-state index in [4.69, 9.17) is 11.6 Å². The second kappa shape index (κ2) is 6.66. The Morgan fingerprint density at radius 3 is 2.77 bits per heavy atom. The number of benzene rings is 2. The fourth-order valence-electron chi connectivity index (χ4n) is 2.86. The van der Waals surface area contributed by atoms with E-state index in [0.717, 1.165) is 11.1 Å². The number of phenols is 1. The lowest BCUT2D eigenvalue weighted by Crippen LogP contribution is -2.16. The fourth-order valence-corrected chi connectivity index (χ4v) is 4.11. The molecule has 5 nitrogen and oxygen atoms in total. The van der Waals surface area contributed by atoms with Gasteiger partial charge in [0.25, 0.3) is 0 Å². The van der Waals surface area contributed by atoms with Gasteiger partial charge in [0.15, 0.2) is 0 Å². The molecule has 1 atom stereocenters. The number of fused-ring (bicyclic) bond motifs is 1. The van der Waals surface area contributed by atoms with Crippen molar-refractivity contribution in [2.75, 3.05) is 11.1 Å². The Morgan fingerprint density at radius 2 is 2.04 bits per heavy atom. The van der Waals surface area contributed by atoms with E-state index in [-0.39, 0.29) is 33.4 Å². The number of hydrogen-bond donors (Lipinski definition) is 2. The quantitative estimate of drug-likeness (QED) is 0.691. The number of amides is 1. The summed E-state index contributed by atoms with van der Waals surface area (Å²) in [6, 6.07) is 11.1. The van der Waals surface area contributed by atoms with Gasteiger partial charge in [0.05, 0.1) is 17.2 Å². The third kappa shape index (κ3) is 3.04. The maximum absolute atomic E-state index is 14.4. The molecule has 3 aromatic rings. The topological polar surface area (TPSA) is 67.1 Å². The Morgan fingerprint density at radius 1 is 1.27 bits per heavy atom. The fraction of sp³-hybridized carbons (Fsp3) is 0.111. The van der Waals surface area contributed by atoms with Crippen molar-refractivity contribution in [1.82, 2.24) is 9.78 Å². The Bertz CT molecular complexity index is 991. The minimum Gasteiger partial charge on any atom is -0.508 e. The van der Waals surface area contributed by atoms with Gasteiger partial charge in [0.1, 0.15) is 23.1 Å². The highest BCUT2D eigenvalue weighted by Gasteiger charge is 2.28. The minimum absolute atomic E-state index is 0.167. The predicted octanol–water partition coefficient (Wildman–Crippen LogP) is 4.15. The van der Waals surface area contributed by atoms with Gasteiger partial charge in [-0.15, -0.1) is 11.8 Å². The number of aromatic hydroxyl groups is 1. The second-order valence-corrected chi connectivity index (χ2v) is 7.32. The van der Waals surface area contributed by atoms with E-state index in [1.54, 1.807) is 36.5 Å². The molecule has 0 spiro atoms. The average Bonchev–Trinajstić information content (AvgIpc) is 2.92. The van der Waals surface area contributed by atoms with Crippen LogP contribution < -0.4 is 5.32 Å². The number of carbonyl (C=O) groups is 1. The largest absolute Gasteiger partial charge is 0.508 e. The van der Waals surface area contributed by atoms with Crippen LogP contribution in [0.25, 0.3) is 5.69 Å². The van der Waals surface area contributed by atoms with E-state index in [1.165, 1.54) is 28.6 Å². The molecule has 0 radical (unpaired) electrons. The van der Waals surface area contributed by atoms with Crippen molar-refractivity contribution in [3.05, 3.63) is 70.6 Å². The lowest BCUT2D eigenvalue weighted by molar-refractivity contribution is -0.113. The van der Waals surface area contributed by atoms with Gasteiger partial charge < -0.3 is 10.4 Å². The summed E-state index contributed by atoms with van der Waals surface area (Å²) in [6.45, 7) is 0. The zero-order valence-electron chi connectivity index (χ0n) is 13.3. The summed E-state index contributed by atoms with van der Waals surface area (Å²) in [5.41, 5.74) is 1.88. The number of anilines is 1. The monoisotopic (exact) mass is 389 g/mol. The van der Waals surface area contributed by atoms with Crippen LogP contribution in [0, 0.1) is 5.82 Å². The first-order valence-corrected chi connectivity index (χ1v) is 9.19. The van der Waals surface area contributed by atoms with Gasteiger partial charge in [-0.25, -0.2) is 9.07 Å². The van der Waals surface area contributed by atoms with Crippen molar-refractivity contribution in [2.24, 2.45) is 0 Å². The number of aromatic nitrogens is 2. The number of nitrogens with one attached hydrogen (secondary N) is 1. The summed E-state index contributed by atoms with van der Waals surface area (Å²) in [5.74, 6) is 0.132. The van der Waals surface area contributed by atoms with Gasteiger partial charge in [-0.2, -0.15) is 5.10 Å². The van der Waals surface area contributed by atoms with E-state index in [9.17, 15) is 14.3 Å². The van der Waals surface area contributed by atoms with Crippen molar-refractivity contribution in [3.8, 4) is 11.4 Å². The second-order valence-electron chi connectivity index (χ2n) is 5.79. The third-order valence-corrected chi connectivity index (χ3v) is 5.58. The van der Waals surface area contributed by atoms with Crippen LogP contribution in [0.1, 0.15) is 16.4 Å². The van der Waals surface area contributed by atoms with E-state index in [1.807, 2.05) is 0 Å². The number of phenolic OH excluding ortho intramolecular Hbond substituents is 1. The van der Waals surface area contributed by atoms with Crippen LogP contribution in [0.5, 0.6) is 5.75 Å². The van der Waals surface area contributed by atoms with E-state index >= 15 is 0 Å². The molecule has 0 unspecified atom stereocenters. The van der Waals surface area contributed by atoms with Gasteiger partial charge in [0, 0.05) is 10.6 Å². The Labute approximate surface area is 157 Å². The van der Waals surface area contributed by atoms with Crippen LogP contribution in [0.3, 0.4) is 0 Å². The summed E-state index contributed by atoms with van der Waals surface area (Å²) in [4.78, 5) is 12.2. The smallest absolute Gasteiger partial charge is 0.235 e. The lowest BCUT2D eigenvalue weighted by Gasteiger charge is -2.14. The molecule has 2 heterocycles. The number of nitrogens with zero attached hydrogens (tertiary/aromatic N) is 2. The summed E-state index contributed by atoms with van der Waals surface area (Å²) in [6.07, 6.45) is 1.62. The molecule has 0 bridgehead atoms. The molecule has 132 valence electrons. The molecule has 0 fully saturated rings. The minimum atomic E-state index is -0.532. The normalized spacial score (nSPS) is 16.7. The lowest BCUT2D eigenvalue weighted by atomic mass is 10.1. The molecular formula is C18H13ClFN3O2S. The molecule has 1 amide bonds. The van der Waals surface area contributed by atoms with Crippen LogP contribution >= 0.6 is 23.4 Å². The van der Waals surface area contributed by atoms with Crippen molar-refractivity contribution in [2.45, 2.75) is 5.25 Å². The molecule has 2 aromatic carbocycles. The molecule has 26 heavy (non-hydrogen) atoms. The molecule has 0 saturated carbocycles. The number of rotatable bonds is 2. The Balaban J connectivity index is 1.84. The van der Waals surface area contributed by atoms with Crippen LogP contribution in [0.15, 0.2) is 48.7 Å². The Kier molecular flexibility index (Phi) is 4.34. The van der Waals surface area contributed by atoms with Gasteiger partial charge >= 0.3 is 0 Å². The molecular weight excluding hydrogens is 377 g/mol. The summed E-state index contributed by atoms with van der Waals surface area (Å²) < 4.78 is 15.7. The molecule has 0 aliphatic carbocycles. The standard InChI is InChI=1S/C18H13ClFN3O2S/c19-11-3-6-15(14(20)7-11)23-18-13(8-21-23)17(26-9-16(25)22-18)10-1-4-12(24)5-2-10/h1-8,17,24H,9H2,(H,22,25)/t17-/m0/s1. The molecule has 1 aliphatic heterocycles. The highest BCUT2D eigenvalue weighted by Crippen LogP contribution is 2.42. The van der Waals surface area contributed by atoms with Gasteiger partial charge in [-0.1, -0.05) is 23.7 Å². The highest BCUT2D eigenvalue weighted by atomic mass is 35.5. The number of carbonyl (C=O) groups excluding carboxylic acids is 1. The van der Waals surface area contributed by atoms with Crippen LogP contribution in [0.2, 0.25) is 5.02 Å². The molecule has 8 heteroatoms. The first-order chi connectivity index (χ1) is 12.5.